The zero-order valence-electron chi connectivity index (χ0n) is 9.97. The van der Waals surface area contributed by atoms with Crippen molar-refractivity contribution < 1.29 is 8.42 Å². The first-order valence-corrected chi connectivity index (χ1v) is 7.48. The third kappa shape index (κ3) is 3.00. The lowest BCUT2D eigenvalue weighted by atomic mass is 10.2. The van der Waals surface area contributed by atoms with Gasteiger partial charge in [-0.25, -0.2) is 8.42 Å². The molecule has 1 heterocycles. The summed E-state index contributed by atoms with van der Waals surface area (Å²) < 4.78 is 24.0. The molecular formula is C12H16N2O2S. The Hall–Kier alpha value is -1.49. The Labute approximate surface area is 101 Å². The molecule has 0 unspecified atom stereocenters. The molecule has 4 nitrogen and oxygen atoms in total. The average molecular weight is 252 g/mol. The number of fused-ring (bicyclic) bond motifs is 1. The molecule has 5 heteroatoms. The van der Waals surface area contributed by atoms with Gasteiger partial charge in [0.1, 0.15) is 9.84 Å². The molecule has 1 aromatic heterocycles. The van der Waals surface area contributed by atoms with Crippen molar-refractivity contribution in [3.05, 3.63) is 30.5 Å². The van der Waals surface area contributed by atoms with Crippen molar-refractivity contribution in [3.8, 4) is 0 Å². The summed E-state index contributed by atoms with van der Waals surface area (Å²) in [6.07, 6.45) is 3.25. The summed E-state index contributed by atoms with van der Waals surface area (Å²) in [5, 5.41) is 4.26. The number of hydrogen-bond acceptors (Lipinski definition) is 3. The minimum atomic E-state index is -2.90. The normalized spacial score (nSPS) is 11.9. The van der Waals surface area contributed by atoms with Gasteiger partial charge >= 0.3 is 0 Å². The predicted molar refractivity (Wildman–Crippen MR) is 71.1 cm³/mol. The second-order valence-electron chi connectivity index (χ2n) is 4.26. The fourth-order valence-corrected chi connectivity index (χ4v) is 2.25. The molecule has 0 atom stereocenters. The van der Waals surface area contributed by atoms with Crippen molar-refractivity contribution in [1.29, 1.82) is 0 Å². The molecule has 0 bridgehead atoms. The lowest BCUT2D eigenvalue weighted by Gasteiger charge is -2.06. The van der Waals surface area contributed by atoms with Crippen LogP contribution in [-0.4, -0.2) is 31.5 Å². The highest BCUT2D eigenvalue weighted by atomic mass is 32.2. The third-order valence-electron chi connectivity index (χ3n) is 2.69. The molecule has 92 valence electrons. The standard InChI is InChI=1S/C12H16N2O2S/c1-14-7-5-10-9-11(3-4-12(10)14)13-6-8-17(2,15)16/h3-5,7,9,13H,6,8H2,1-2H3. The van der Waals surface area contributed by atoms with Gasteiger partial charge in [-0.15, -0.1) is 0 Å². The van der Waals surface area contributed by atoms with Crippen LogP contribution >= 0.6 is 0 Å². The number of aromatic nitrogens is 1. The number of anilines is 1. The molecule has 0 spiro atoms. The molecule has 0 saturated carbocycles. The SMILES string of the molecule is Cn1ccc2cc(NCCS(C)(=O)=O)ccc21. The molecule has 2 aromatic rings. The van der Waals surface area contributed by atoms with E-state index in [2.05, 4.69) is 9.88 Å². The summed E-state index contributed by atoms with van der Waals surface area (Å²) in [4.78, 5) is 0. The molecule has 1 N–H and O–H groups in total. The number of aryl methyl sites for hydroxylation is 1. The zero-order valence-corrected chi connectivity index (χ0v) is 10.8. The Balaban J connectivity index is 2.09. The lowest BCUT2D eigenvalue weighted by Crippen LogP contribution is -2.13. The van der Waals surface area contributed by atoms with Gasteiger partial charge in [0.2, 0.25) is 0 Å². The van der Waals surface area contributed by atoms with E-state index >= 15 is 0 Å². The summed E-state index contributed by atoms with van der Waals surface area (Å²) in [7, 11) is -0.900. The van der Waals surface area contributed by atoms with Gasteiger partial charge in [0, 0.05) is 42.6 Å². The van der Waals surface area contributed by atoms with Crippen LogP contribution in [0.2, 0.25) is 0 Å². The Kier molecular flexibility index (Phi) is 3.11. The Morgan fingerprint density at radius 1 is 1.29 bits per heavy atom. The van der Waals surface area contributed by atoms with Gasteiger partial charge in [0.05, 0.1) is 5.75 Å². The Morgan fingerprint density at radius 2 is 2.06 bits per heavy atom. The van der Waals surface area contributed by atoms with E-state index in [9.17, 15) is 8.42 Å². The van der Waals surface area contributed by atoms with E-state index in [1.165, 1.54) is 11.8 Å². The highest BCUT2D eigenvalue weighted by Gasteiger charge is 2.02. The van der Waals surface area contributed by atoms with Crippen molar-refractivity contribution >= 4 is 26.4 Å². The van der Waals surface area contributed by atoms with E-state index < -0.39 is 9.84 Å². The summed E-state index contributed by atoms with van der Waals surface area (Å²) in [5.74, 6) is 0.153. The molecule has 0 aliphatic carbocycles. The average Bonchev–Trinajstić information content (AvgIpc) is 2.58. The number of nitrogens with zero attached hydrogens (tertiary/aromatic N) is 1. The molecular weight excluding hydrogens is 236 g/mol. The number of nitrogens with one attached hydrogen (secondary N) is 1. The van der Waals surface area contributed by atoms with Gasteiger partial charge in [-0.05, 0) is 24.3 Å². The van der Waals surface area contributed by atoms with E-state index in [4.69, 9.17) is 0 Å². The van der Waals surface area contributed by atoms with Crippen LogP contribution in [0.1, 0.15) is 0 Å². The van der Waals surface area contributed by atoms with E-state index in [1.807, 2.05) is 37.5 Å². The maximum atomic E-state index is 11.0. The number of sulfone groups is 1. The highest BCUT2D eigenvalue weighted by molar-refractivity contribution is 7.90. The largest absolute Gasteiger partial charge is 0.384 e. The van der Waals surface area contributed by atoms with Crippen molar-refractivity contribution in [2.45, 2.75) is 0 Å². The van der Waals surface area contributed by atoms with Crippen LogP contribution < -0.4 is 5.32 Å². The molecule has 0 aliphatic rings. The molecule has 1 aromatic carbocycles. The molecule has 0 fully saturated rings. The van der Waals surface area contributed by atoms with E-state index in [1.54, 1.807) is 0 Å². The van der Waals surface area contributed by atoms with Gasteiger partial charge in [0.25, 0.3) is 0 Å². The smallest absolute Gasteiger partial charge is 0.149 e. The van der Waals surface area contributed by atoms with Gasteiger partial charge in [0.15, 0.2) is 0 Å². The minimum absolute atomic E-state index is 0.153. The van der Waals surface area contributed by atoms with Crippen LogP contribution in [0.4, 0.5) is 5.69 Å². The third-order valence-corrected chi connectivity index (χ3v) is 3.63. The molecule has 0 radical (unpaired) electrons. The second kappa shape index (κ2) is 4.41. The predicted octanol–water partition coefficient (Wildman–Crippen LogP) is 1.63. The van der Waals surface area contributed by atoms with Crippen molar-refractivity contribution in [1.82, 2.24) is 4.57 Å². The molecule has 0 aliphatic heterocycles. The molecule has 2 rings (SSSR count). The number of benzene rings is 1. The van der Waals surface area contributed by atoms with Crippen LogP contribution in [0, 0.1) is 0 Å². The van der Waals surface area contributed by atoms with E-state index in [0.717, 1.165) is 11.1 Å². The number of rotatable bonds is 4. The zero-order chi connectivity index (χ0) is 12.5. The maximum Gasteiger partial charge on any atom is 0.149 e. The van der Waals surface area contributed by atoms with E-state index in [-0.39, 0.29) is 5.75 Å². The van der Waals surface area contributed by atoms with Crippen LogP contribution in [0.3, 0.4) is 0 Å². The van der Waals surface area contributed by atoms with Crippen LogP contribution in [-0.2, 0) is 16.9 Å². The molecule has 0 saturated heterocycles. The van der Waals surface area contributed by atoms with Crippen LogP contribution in [0.5, 0.6) is 0 Å². The first kappa shape index (κ1) is 12.0. The lowest BCUT2D eigenvalue weighted by molar-refractivity contribution is 0.602. The first-order chi connectivity index (χ1) is 7.96. The summed E-state index contributed by atoms with van der Waals surface area (Å²) in [6.45, 7) is 0.442. The quantitative estimate of drug-likeness (QED) is 0.900. The summed E-state index contributed by atoms with van der Waals surface area (Å²) in [5.41, 5.74) is 2.12. The minimum Gasteiger partial charge on any atom is -0.384 e. The second-order valence-corrected chi connectivity index (χ2v) is 6.52. The van der Waals surface area contributed by atoms with Gasteiger partial charge < -0.3 is 9.88 Å². The number of hydrogen-bond donors (Lipinski definition) is 1. The first-order valence-electron chi connectivity index (χ1n) is 5.42. The summed E-state index contributed by atoms with van der Waals surface area (Å²) >= 11 is 0. The highest BCUT2D eigenvalue weighted by Crippen LogP contribution is 2.19. The van der Waals surface area contributed by atoms with Crippen molar-refractivity contribution in [2.24, 2.45) is 7.05 Å². The molecule has 17 heavy (non-hydrogen) atoms. The monoisotopic (exact) mass is 252 g/mol. The Bertz CT molecular complexity index is 629. The van der Waals surface area contributed by atoms with Crippen LogP contribution in [0.15, 0.2) is 30.5 Å². The van der Waals surface area contributed by atoms with Gasteiger partial charge in [-0.3, -0.25) is 0 Å². The summed E-state index contributed by atoms with van der Waals surface area (Å²) in [6, 6.07) is 8.05. The fourth-order valence-electron chi connectivity index (χ4n) is 1.77. The van der Waals surface area contributed by atoms with Gasteiger partial charge in [-0.2, -0.15) is 0 Å². The Morgan fingerprint density at radius 3 is 2.76 bits per heavy atom. The van der Waals surface area contributed by atoms with Gasteiger partial charge in [-0.1, -0.05) is 0 Å². The topological polar surface area (TPSA) is 51.1 Å². The fraction of sp³-hybridized carbons (Fsp3) is 0.333. The van der Waals surface area contributed by atoms with Crippen LogP contribution in [0.25, 0.3) is 10.9 Å². The van der Waals surface area contributed by atoms with Crippen molar-refractivity contribution in [2.75, 3.05) is 23.9 Å². The molecule has 0 amide bonds. The van der Waals surface area contributed by atoms with E-state index in [0.29, 0.717) is 6.54 Å². The van der Waals surface area contributed by atoms with Crippen molar-refractivity contribution in [3.63, 3.8) is 0 Å². The maximum absolute atomic E-state index is 11.0.